The first-order valence-electron chi connectivity index (χ1n) is 9.32. The number of pyridine rings is 1. The molecule has 0 saturated heterocycles. The Morgan fingerprint density at radius 2 is 1.97 bits per heavy atom. The van der Waals surface area contributed by atoms with Crippen molar-refractivity contribution in [1.82, 2.24) is 9.97 Å². The van der Waals surface area contributed by atoms with Crippen molar-refractivity contribution in [1.29, 1.82) is 0 Å². The summed E-state index contributed by atoms with van der Waals surface area (Å²) in [6.07, 6.45) is 3.72. The van der Waals surface area contributed by atoms with Crippen molar-refractivity contribution in [2.24, 2.45) is 0 Å². The molecule has 0 fully saturated rings. The zero-order chi connectivity index (χ0) is 20.4. The van der Waals surface area contributed by atoms with Gasteiger partial charge in [-0.1, -0.05) is 53.3 Å². The smallest absolute Gasteiger partial charge is 0.233 e. The van der Waals surface area contributed by atoms with Crippen LogP contribution >= 0.6 is 22.9 Å². The van der Waals surface area contributed by atoms with E-state index in [1.165, 1.54) is 16.9 Å². The Hall–Kier alpha value is -2.76. The first-order chi connectivity index (χ1) is 14.0. The van der Waals surface area contributed by atoms with Gasteiger partial charge in [0.05, 0.1) is 23.2 Å². The summed E-state index contributed by atoms with van der Waals surface area (Å²) in [4.78, 5) is 24.0. The highest BCUT2D eigenvalue weighted by molar-refractivity contribution is 7.22. The van der Waals surface area contributed by atoms with Crippen LogP contribution in [0.15, 0.2) is 60.9 Å². The third kappa shape index (κ3) is 4.31. The molecular formula is C23H20ClN3OS. The van der Waals surface area contributed by atoms with Crippen LogP contribution in [0.2, 0.25) is 5.02 Å². The lowest BCUT2D eigenvalue weighted by Gasteiger charge is -2.20. The molecule has 4 aromatic rings. The third-order valence-corrected chi connectivity index (χ3v) is 6.11. The molecule has 0 unspecified atom stereocenters. The van der Waals surface area contributed by atoms with Crippen molar-refractivity contribution >= 4 is 44.2 Å². The molecule has 2 aromatic heterocycles. The van der Waals surface area contributed by atoms with Crippen LogP contribution in [0.3, 0.4) is 0 Å². The van der Waals surface area contributed by atoms with Gasteiger partial charge in [-0.25, -0.2) is 4.98 Å². The normalized spacial score (nSPS) is 11.0. The molecule has 0 saturated carbocycles. The first-order valence-corrected chi connectivity index (χ1v) is 10.5. The average Bonchev–Trinajstić information content (AvgIpc) is 3.12. The van der Waals surface area contributed by atoms with Gasteiger partial charge in [0.15, 0.2) is 5.13 Å². The van der Waals surface area contributed by atoms with Crippen LogP contribution in [0.1, 0.15) is 22.3 Å². The topological polar surface area (TPSA) is 46.1 Å². The number of hydrogen-bond acceptors (Lipinski definition) is 4. The second-order valence-corrected chi connectivity index (χ2v) is 8.45. The second-order valence-electron chi connectivity index (χ2n) is 7.03. The van der Waals surface area contributed by atoms with Gasteiger partial charge < -0.3 is 0 Å². The molecule has 0 N–H and O–H groups in total. The van der Waals surface area contributed by atoms with Crippen molar-refractivity contribution in [2.75, 3.05) is 4.90 Å². The van der Waals surface area contributed by atoms with Gasteiger partial charge in [0.1, 0.15) is 0 Å². The molecule has 6 heteroatoms. The summed E-state index contributed by atoms with van der Waals surface area (Å²) in [5, 5.41) is 1.28. The van der Waals surface area contributed by atoms with Gasteiger partial charge in [-0.2, -0.15) is 0 Å². The number of aromatic nitrogens is 2. The van der Waals surface area contributed by atoms with Crippen molar-refractivity contribution in [3.63, 3.8) is 0 Å². The van der Waals surface area contributed by atoms with E-state index in [0.29, 0.717) is 16.7 Å². The van der Waals surface area contributed by atoms with Gasteiger partial charge in [0.2, 0.25) is 5.91 Å². The lowest BCUT2D eigenvalue weighted by atomic mass is 10.1. The summed E-state index contributed by atoms with van der Waals surface area (Å²) in [5.74, 6) is -0.0459. The molecule has 0 aliphatic carbocycles. The zero-order valence-electron chi connectivity index (χ0n) is 16.2. The predicted octanol–water partition coefficient (Wildman–Crippen LogP) is 5.74. The molecule has 0 bridgehead atoms. The molecule has 29 heavy (non-hydrogen) atoms. The fraction of sp³-hybridized carbons (Fsp3) is 0.174. The number of fused-ring (bicyclic) bond motifs is 1. The number of rotatable bonds is 5. The van der Waals surface area contributed by atoms with Crippen molar-refractivity contribution in [3.8, 4) is 0 Å². The molecule has 0 radical (unpaired) electrons. The number of carbonyl (C=O) groups excluding carboxylic acids is 1. The minimum atomic E-state index is -0.0459. The van der Waals surface area contributed by atoms with Gasteiger partial charge in [-0.05, 0) is 54.3 Å². The minimum absolute atomic E-state index is 0.0459. The number of amides is 1. The third-order valence-electron chi connectivity index (χ3n) is 4.71. The first kappa shape index (κ1) is 19.6. The molecular weight excluding hydrogens is 402 g/mol. The Morgan fingerprint density at radius 1 is 1.14 bits per heavy atom. The largest absolute Gasteiger partial charge is 0.283 e. The van der Waals surface area contributed by atoms with Crippen LogP contribution < -0.4 is 4.90 Å². The fourth-order valence-corrected chi connectivity index (χ4v) is 4.67. The highest BCUT2D eigenvalue weighted by Crippen LogP contribution is 2.33. The quantitative estimate of drug-likeness (QED) is 0.413. The van der Waals surface area contributed by atoms with E-state index in [0.717, 1.165) is 26.9 Å². The van der Waals surface area contributed by atoms with Crippen LogP contribution in [-0.2, 0) is 17.8 Å². The number of nitrogens with zero attached hydrogens (tertiary/aromatic N) is 3. The number of carbonyl (C=O) groups is 1. The van der Waals surface area contributed by atoms with E-state index in [9.17, 15) is 4.79 Å². The lowest BCUT2D eigenvalue weighted by Crippen LogP contribution is -2.31. The summed E-state index contributed by atoms with van der Waals surface area (Å²) in [5.41, 5.74) is 5.00. The number of aryl methyl sites for hydroxylation is 2. The van der Waals surface area contributed by atoms with E-state index in [1.807, 2.05) is 30.3 Å². The summed E-state index contributed by atoms with van der Waals surface area (Å²) in [7, 11) is 0. The SMILES string of the molecule is Cc1cc(C)c2nc(N(Cc3cccnc3)C(=O)Cc3ccccc3Cl)sc2c1. The Labute approximate surface area is 178 Å². The minimum Gasteiger partial charge on any atom is -0.283 e. The summed E-state index contributed by atoms with van der Waals surface area (Å²) < 4.78 is 1.08. The molecule has 4 rings (SSSR count). The molecule has 0 spiro atoms. The maximum absolute atomic E-state index is 13.3. The van der Waals surface area contributed by atoms with Gasteiger partial charge >= 0.3 is 0 Å². The van der Waals surface area contributed by atoms with Crippen LogP contribution in [0, 0.1) is 13.8 Å². The molecule has 146 valence electrons. The lowest BCUT2D eigenvalue weighted by molar-refractivity contribution is -0.118. The van der Waals surface area contributed by atoms with E-state index in [2.05, 4.69) is 31.0 Å². The van der Waals surface area contributed by atoms with Crippen LogP contribution in [0.4, 0.5) is 5.13 Å². The highest BCUT2D eigenvalue weighted by Gasteiger charge is 2.22. The average molecular weight is 422 g/mol. The molecule has 2 heterocycles. The van der Waals surface area contributed by atoms with Gasteiger partial charge in [-0.15, -0.1) is 0 Å². The molecule has 0 aliphatic rings. The maximum Gasteiger partial charge on any atom is 0.233 e. The monoisotopic (exact) mass is 421 g/mol. The van der Waals surface area contributed by atoms with Crippen LogP contribution in [0.5, 0.6) is 0 Å². The van der Waals surface area contributed by atoms with Crippen molar-refractivity contribution in [3.05, 3.63) is 88.2 Å². The van der Waals surface area contributed by atoms with Crippen LogP contribution in [-0.4, -0.2) is 15.9 Å². The highest BCUT2D eigenvalue weighted by atomic mass is 35.5. The number of thiazole rings is 1. The maximum atomic E-state index is 13.3. The summed E-state index contributed by atoms with van der Waals surface area (Å²) >= 11 is 7.82. The molecule has 2 aromatic carbocycles. The van der Waals surface area contributed by atoms with Crippen molar-refractivity contribution in [2.45, 2.75) is 26.8 Å². The molecule has 4 nitrogen and oxygen atoms in total. The van der Waals surface area contributed by atoms with Gasteiger partial charge in [0.25, 0.3) is 0 Å². The molecule has 0 aliphatic heterocycles. The van der Waals surface area contributed by atoms with E-state index in [1.54, 1.807) is 23.4 Å². The second kappa shape index (κ2) is 8.31. The van der Waals surface area contributed by atoms with E-state index in [4.69, 9.17) is 16.6 Å². The Kier molecular flexibility index (Phi) is 5.60. The Balaban J connectivity index is 1.73. The predicted molar refractivity (Wildman–Crippen MR) is 120 cm³/mol. The summed E-state index contributed by atoms with van der Waals surface area (Å²) in [6.45, 7) is 4.53. The standard InChI is InChI=1S/C23H20ClN3OS/c1-15-10-16(2)22-20(11-15)29-23(26-22)27(14-17-6-5-9-25-13-17)21(28)12-18-7-3-4-8-19(18)24/h3-11,13H,12,14H2,1-2H3. The number of hydrogen-bond donors (Lipinski definition) is 0. The number of benzene rings is 2. The van der Waals surface area contributed by atoms with Crippen molar-refractivity contribution < 1.29 is 4.79 Å². The van der Waals surface area contributed by atoms with E-state index < -0.39 is 0 Å². The zero-order valence-corrected chi connectivity index (χ0v) is 17.8. The van der Waals surface area contributed by atoms with Crippen LogP contribution in [0.25, 0.3) is 10.2 Å². The Morgan fingerprint density at radius 3 is 2.72 bits per heavy atom. The summed E-state index contributed by atoms with van der Waals surface area (Å²) in [6, 6.07) is 15.5. The number of anilines is 1. The van der Waals surface area contributed by atoms with Gasteiger partial charge in [-0.3, -0.25) is 14.7 Å². The number of halogens is 1. The van der Waals surface area contributed by atoms with E-state index in [-0.39, 0.29) is 12.3 Å². The Bertz CT molecular complexity index is 1170. The van der Waals surface area contributed by atoms with E-state index >= 15 is 0 Å². The van der Waals surface area contributed by atoms with Gasteiger partial charge in [0, 0.05) is 17.4 Å². The molecule has 1 amide bonds. The molecule has 0 atom stereocenters. The fourth-order valence-electron chi connectivity index (χ4n) is 3.31.